The van der Waals surface area contributed by atoms with Crippen LogP contribution < -0.4 is 10.0 Å². The summed E-state index contributed by atoms with van der Waals surface area (Å²) < 4.78 is 31.7. The van der Waals surface area contributed by atoms with E-state index in [-0.39, 0.29) is 29.8 Å². The minimum atomic E-state index is -3.64. The summed E-state index contributed by atoms with van der Waals surface area (Å²) in [6, 6.07) is 6.15. The highest BCUT2D eigenvalue weighted by atomic mass is 35.5. The molecule has 0 radical (unpaired) electrons. The molecule has 9 heteroatoms. The van der Waals surface area contributed by atoms with Crippen molar-refractivity contribution in [3.8, 4) is 0 Å². The number of nitrogens with one attached hydrogen (secondary N) is 2. The third-order valence-electron chi connectivity index (χ3n) is 3.62. The third-order valence-corrected chi connectivity index (χ3v) is 5.08. The standard InChI is InChI=1S/C15H23N3O4S.ClH/c1-22-11-8-17-23(20,21)14-5-2-4-13(12-14)15(19)18-9-3-6-16-7-10-18;/h2,4-5,12,16-17H,3,6-11H2,1H3;1H. The Morgan fingerprint density at radius 2 is 2.12 bits per heavy atom. The minimum Gasteiger partial charge on any atom is -0.383 e. The van der Waals surface area contributed by atoms with Gasteiger partial charge in [0.2, 0.25) is 10.0 Å². The van der Waals surface area contributed by atoms with Crippen LogP contribution in [0.1, 0.15) is 16.8 Å². The van der Waals surface area contributed by atoms with Crippen molar-refractivity contribution >= 4 is 28.3 Å². The highest BCUT2D eigenvalue weighted by Gasteiger charge is 2.20. The summed E-state index contributed by atoms with van der Waals surface area (Å²) in [4.78, 5) is 14.4. The Balaban J connectivity index is 0.00000288. The Kier molecular flexibility index (Phi) is 8.65. The lowest BCUT2D eigenvalue weighted by molar-refractivity contribution is 0.0766. The van der Waals surface area contributed by atoms with Gasteiger partial charge in [0.1, 0.15) is 0 Å². The summed E-state index contributed by atoms with van der Waals surface area (Å²) in [6.45, 7) is 3.42. The highest BCUT2D eigenvalue weighted by molar-refractivity contribution is 7.89. The zero-order valence-electron chi connectivity index (χ0n) is 13.7. The van der Waals surface area contributed by atoms with E-state index in [4.69, 9.17) is 4.74 Å². The van der Waals surface area contributed by atoms with Crippen molar-refractivity contribution in [1.82, 2.24) is 14.9 Å². The number of benzene rings is 1. The zero-order valence-corrected chi connectivity index (χ0v) is 15.3. The van der Waals surface area contributed by atoms with E-state index in [0.717, 1.165) is 19.5 Å². The normalized spacial score (nSPS) is 15.5. The molecule has 0 aliphatic carbocycles. The fraction of sp³-hybridized carbons (Fsp3) is 0.533. The van der Waals surface area contributed by atoms with Crippen LogP contribution in [-0.2, 0) is 14.8 Å². The molecule has 136 valence electrons. The van der Waals surface area contributed by atoms with Crippen molar-refractivity contribution in [2.45, 2.75) is 11.3 Å². The van der Waals surface area contributed by atoms with Gasteiger partial charge in [-0.1, -0.05) is 6.07 Å². The van der Waals surface area contributed by atoms with Crippen LogP contribution in [0.5, 0.6) is 0 Å². The van der Waals surface area contributed by atoms with Crippen LogP contribution in [0.4, 0.5) is 0 Å². The number of nitrogens with zero attached hydrogens (tertiary/aromatic N) is 1. The summed E-state index contributed by atoms with van der Waals surface area (Å²) in [6.07, 6.45) is 0.891. The van der Waals surface area contributed by atoms with E-state index in [1.807, 2.05) is 0 Å². The average Bonchev–Trinajstić information content (AvgIpc) is 2.84. The van der Waals surface area contributed by atoms with Crippen LogP contribution in [0.25, 0.3) is 0 Å². The molecule has 1 aliphatic heterocycles. The monoisotopic (exact) mass is 377 g/mol. The highest BCUT2D eigenvalue weighted by Crippen LogP contribution is 2.14. The SMILES string of the molecule is COCCNS(=O)(=O)c1cccc(C(=O)N2CCCNCC2)c1.Cl. The van der Waals surface area contributed by atoms with E-state index in [0.29, 0.717) is 25.3 Å². The van der Waals surface area contributed by atoms with Crippen molar-refractivity contribution in [2.75, 3.05) is 46.4 Å². The molecule has 0 unspecified atom stereocenters. The lowest BCUT2D eigenvalue weighted by Crippen LogP contribution is -2.34. The van der Waals surface area contributed by atoms with Crippen LogP contribution in [-0.4, -0.2) is 65.7 Å². The molecule has 1 aromatic carbocycles. The number of amides is 1. The molecule has 1 aromatic rings. The first-order valence-corrected chi connectivity index (χ1v) is 9.11. The zero-order chi connectivity index (χ0) is 16.7. The molecule has 1 saturated heterocycles. The van der Waals surface area contributed by atoms with E-state index >= 15 is 0 Å². The van der Waals surface area contributed by atoms with Gasteiger partial charge in [0.05, 0.1) is 11.5 Å². The Hall–Kier alpha value is -1.19. The van der Waals surface area contributed by atoms with Gasteiger partial charge >= 0.3 is 0 Å². The topological polar surface area (TPSA) is 87.7 Å². The van der Waals surface area contributed by atoms with E-state index in [1.165, 1.54) is 19.2 Å². The molecule has 2 N–H and O–H groups in total. The average molecular weight is 378 g/mol. The Morgan fingerprint density at radius 1 is 1.33 bits per heavy atom. The maximum Gasteiger partial charge on any atom is 0.253 e. The number of hydrogen-bond acceptors (Lipinski definition) is 5. The molecule has 2 rings (SSSR count). The quantitative estimate of drug-likeness (QED) is 0.703. The maximum absolute atomic E-state index is 12.6. The van der Waals surface area contributed by atoms with E-state index in [9.17, 15) is 13.2 Å². The van der Waals surface area contributed by atoms with Crippen molar-refractivity contribution in [3.05, 3.63) is 29.8 Å². The molecule has 1 aliphatic rings. The molecule has 0 aromatic heterocycles. The summed E-state index contributed by atoms with van der Waals surface area (Å²) >= 11 is 0. The number of rotatable bonds is 6. The van der Waals surface area contributed by atoms with Gasteiger partial charge in [0.15, 0.2) is 0 Å². The van der Waals surface area contributed by atoms with Crippen LogP contribution in [0.15, 0.2) is 29.2 Å². The second-order valence-electron chi connectivity index (χ2n) is 5.31. The van der Waals surface area contributed by atoms with Crippen molar-refractivity contribution in [2.24, 2.45) is 0 Å². The summed E-state index contributed by atoms with van der Waals surface area (Å²) in [5.74, 6) is -0.136. The molecule has 7 nitrogen and oxygen atoms in total. The van der Waals surface area contributed by atoms with Gasteiger partial charge in [-0.25, -0.2) is 13.1 Å². The Morgan fingerprint density at radius 3 is 2.88 bits per heavy atom. The van der Waals surface area contributed by atoms with E-state index in [1.54, 1.807) is 17.0 Å². The second-order valence-corrected chi connectivity index (χ2v) is 7.08. The molecule has 1 amide bonds. The van der Waals surface area contributed by atoms with Crippen LogP contribution in [0.2, 0.25) is 0 Å². The van der Waals surface area contributed by atoms with Crippen molar-refractivity contribution < 1.29 is 17.9 Å². The largest absolute Gasteiger partial charge is 0.383 e. The smallest absolute Gasteiger partial charge is 0.253 e. The summed E-state index contributed by atoms with van der Waals surface area (Å²) in [5.41, 5.74) is 0.390. The van der Waals surface area contributed by atoms with Gasteiger partial charge in [0.25, 0.3) is 5.91 Å². The first-order chi connectivity index (χ1) is 11.0. The third kappa shape index (κ3) is 5.71. The Bertz CT molecular complexity index is 631. The molecule has 1 fully saturated rings. The summed E-state index contributed by atoms with van der Waals surface area (Å²) in [7, 11) is -2.14. The molecular weight excluding hydrogens is 354 g/mol. The summed E-state index contributed by atoms with van der Waals surface area (Å²) in [5, 5.41) is 3.24. The van der Waals surface area contributed by atoms with Crippen LogP contribution >= 0.6 is 12.4 Å². The van der Waals surface area contributed by atoms with Gasteiger partial charge in [-0.3, -0.25) is 4.79 Å². The first-order valence-electron chi connectivity index (χ1n) is 7.63. The van der Waals surface area contributed by atoms with Crippen molar-refractivity contribution in [3.63, 3.8) is 0 Å². The number of methoxy groups -OCH3 is 1. The van der Waals surface area contributed by atoms with E-state index < -0.39 is 10.0 Å². The molecule has 0 saturated carbocycles. The number of hydrogen-bond donors (Lipinski definition) is 2. The predicted octanol–water partition coefficient (Wildman–Crippen LogP) is 0.469. The molecule has 0 atom stereocenters. The van der Waals surface area contributed by atoms with Gasteiger partial charge in [-0.05, 0) is 31.2 Å². The predicted molar refractivity (Wildman–Crippen MR) is 94.1 cm³/mol. The fourth-order valence-corrected chi connectivity index (χ4v) is 3.45. The van der Waals surface area contributed by atoms with Gasteiger partial charge < -0.3 is 15.0 Å². The second kappa shape index (κ2) is 9.95. The van der Waals surface area contributed by atoms with Gasteiger partial charge in [0, 0.05) is 38.9 Å². The Labute approximate surface area is 149 Å². The number of carbonyl (C=O) groups excluding carboxylic acids is 1. The molecule has 0 bridgehead atoms. The number of carbonyl (C=O) groups is 1. The lowest BCUT2D eigenvalue weighted by atomic mass is 10.2. The van der Waals surface area contributed by atoms with Gasteiger partial charge in [-0.2, -0.15) is 0 Å². The molecule has 0 spiro atoms. The maximum atomic E-state index is 12.6. The number of sulfonamides is 1. The molecule has 24 heavy (non-hydrogen) atoms. The lowest BCUT2D eigenvalue weighted by Gasteiger charge is -2.20. The van der Waals surface area contributed by atoms with Crippen LogP contribution in [0.3, 0.4) is 0 Å². The fourth-order valence-electron chi connectivity index (χ4n) is 2.39. The minimum absolute atomic E-state index is 0. The van der Waals surface area contributed by atoms with Crippen molar-refractivity contribution in [1.29, 1.82) is 0 Å². The first kappa shape index (κ1) is 20.9. The molecule has 1 heterocycles. The van der Waals surface area contributed by atoms with Crippen LogP contribution in [0, 0.1) is 0 Å². The number of ether oxygens (including phenoxy) is 1. The number of halogens is 1. The van der Waals surface area contributed by atoms with Gasteiger partial charge in [-0.15, -0.1) is 12.4 Å². The van der Waals surface area contributed by atoms with E-state index in [2.05, 4.69) is 10.0 Å². The molecular formula is C15H24ClN3O4S.